The molecule has 3 rings (SSSR count). The fraction of sp³-hybridized carbons (Fsp3) is 0.389. The Morgan fingerprint density at radius 3 is 2.68 bits per heavy atom. The summed E-state index contributed by atoms with van der Waals surface area (Å²) in [4.78, 5) is 13.8. The van der Waals surface area contributed by atoms with Gasteiger partial charge in [0, 0.05) is 18.8 Å². The molecule has 1 aromatic heterocycles. The minimum Gasteiger partial charge on any atom is -0.467 e. The summed E-state index contributed by atoms with van der Waals surface area (Å²) in [6, 6.07) is 7.79. The predicted octanol–water partition coefficient (Wildman–Crippen LogP) is 3.35. The maximum absolute atomic E-state index is 14.5. The van der Waals surface area contributed by atoms with Gasteiger partial charge in [-0.05, 0) is 44.2 Å². The standard InChI is InChI=1S/C18H22FN3O3/c1-12-10-22(11-13(2)25-12)17-6-5-14(8-16(17)19)21-18(23)20-9-15-4-3-7-24-15/h3-8,12-13H,9-11H2,1-2H3,(H2,20,21,23). The zero-order valence-corrected chi connectivity index (χ0v) is 14.3. The molecule has 2 atom stereocenters. The van der Waals surface area contributed by atoms with E-state index < -0.39 is 6.03 Å². The first-order chi connectivity index (χ1) is 12.0. The number of morpholine rings is 1. The van der Waals surface area contributed by atoms with E-state index in [9.17, 15) is 9.18 Å². The van der Waals surface area contributed by atoms with Gasteiger partial charge in [0.05, 0.1) is 30.7 Å². The molecular formula is C18H22FN3O3. The van der Waals surface area contributed by atoms with Crippen molar-refractivity contribution >= 4 is 17.4 Å². The lowest BCUT2D eigenvalue weighted by atomic mass is 10.2. The highest BCUT2D eigenvalue weighted by molar-refractivity contribution is 5.89. The summed E-state index contributed by atoms with van der Waals surface area (Å²) in [5.41, 5.74) is 0.913. The number of hydrogen-bond acceptors (Lipinski definition) is 4. The monoisotopic (exact) mass is 347 g/mol. The highest BCUT2D eigenvalue weighted by Crippen LogP contribution is 2.26. The molecule has 25 heavy (non-hydrogen) atoms. The van der Waals surface area contributed by atoms with E-state index in [1.807, 2.05) is 18.7 Å². The lowest BCUT2D eigenvalue weighted by molar-refractivity contribution is -0.00539. The SMILES string of the molecule is CC1CN(c2ccc(NC(=O)NCc3ccco3)cc2F)CC(C)O1. The van der Waals surface area contributed by atoms with Crippen molar-refractivity contribution in [1.29, 1.82) is 0 Å². The summed E-state index contributed by atoms with van der Waals surface area (Å²) in [5.74, 6) is 0.275. The zero-order valence-electron chi connectivity index (χ0n) is 14.3. The molecule has 2 N–H and O–H groups in total. The molecule has 0 aliphatic carbocycles. The minimum absolute atomic E-state index is 0.0494. The topological polar surface area (TPSA) is 66.7 Å². The Balaban J connectivity index is 1.60. The number of halogens is 1. The quantitative estimate of drug-likeness (QED) is 0.890. The zero-order chi connectivity index (χ0) is 17.8. The molecule has 2 aromatic rings. The number of anilines is 2. The van der Waals surface area contributed by atoms with Gasteiger partial charge in [0.25, 0.3) is 0 Å². The number of amides is 2. The third kappa shape index (κ3) is 4.51. The average molecular weight is 347 g/mol. The van der Waals surface area contributed by atoms with Crippen molar-refractivity contribution in [3.05, 3.63) is 48.2 Å². The fourth-order valence-electron chi connectivity index (χ4n) is 2.97. The molecule has 1 aliphatic heterocycles. The van der Waals surface area contributed by atoms with Crippen LogP contribution >= 0.6 is 0 Å². The van der Waals surface area contributed by atoms with E-state index in [-0.39, 0.29) is 24.6 Å². The van der Waals surface area contributed by atoms with Crippen LogP contribution in [0.1, 0.15) is 19.6 Å². The van der Waals surface area contributed by atoms with Gasteiger partial charge >= 0.3 is 6.03 Å². The lowest BCUT2D eigenvalue weighted by Crippen LogP contribution is -2.45. The van der Waals surface area contributed by atoms with Crippen molar-refractivity contribution in [1.82, 2.24) is 5.32 Å². The van der Waals surface area contributed by atoms with Crippen molar-refractivity contribution in [2.45, 2.75) is 32.6 Å². The highest BCUT2D eigenvalue weighted by atomic mass is 19.1. The van der Waals surface area contributed by atoms with E-state index in [4.69, 9.17) is 9.15 Å². The molecule has 0 radical (unpaired) electrons. The van der Waals surface area contributed by atoms with E-state index >= 15 is 0 Å². The maximum atomic E-state index is 14.5. The molecule has 0 saturated carbocycles. The number of urea groups is 1. The van der Waals surface area contributed by atoms with Gasteiger partial charge in [-0.2, -0.15) is 0 Å². The van der Waals surface area contributed by atoms with Crippen LogP contribution in [-0.4, -0.2) is 31.3 Å². The van der Waals surface area contributed by atoms with Crippen LogP contribution in [0, 0.1) is 5.82 Å². The average Bonchev–Trinajstić information content (AvgIpc) is 3.05. The van der Waals surface area contributed by atoms with E-state index in [0.717, 1.165) is 0 Å². The Kier molecular flexibility index (Phi) is 5.23. The highest BCUT2D eigenvalue weighted by Gasteiger charge is 2.24. The molecule has 7 heteroatoms. The summed E-state index contributed by atoms with van der Waals surface area (Å²) in [5, 5.41) is 5.27. The van der Waals surface area contributed by atoms with Crippen LogP contribution in [0.25, 0.3) is 0 Å². The van der Waals surface area contributed by atoms with Crippen molar-refractivity contribution in [2.24, 2.45) is 0 Å². The Morgan fingerprint density at radius 1 is 1.28 bits per heavy atom. The van der Waals surface area contributed by atoms with E-state index in [2.05, 4.69) is 10.6 Å². The molecule has 6 nitrogen and oxygen atoms in total. The molecule has 134 valence electrons. The van der Waals surface area contributed by atoms with E-state index in [1.165, 1.54) is 12.3 Å². The molecular weight excluding hydrogens is 325 g/mol. The normalized spacial score (nSPS) is 20.4. The Labute approximate surface area is 145 Å². The second-order valence-corrected chi connectivity index (χ2v) is 6.22. The van der Waals surface area contributed by atoms with Crippen LogP contribution in [0.3, 0.4) is 0 Å². The fourth-order valence-corrected chi connectivity index (χ4v) is 2.97. The van der Waals surface area contributed by atoms with Crippen LogP contribution in [0.4, 0.5) is 20.6 Å². The lowest BCUT2D eigenvalue weighted by Gasteiger charge is -2.37. The van der Waals surface area contributed by atoms with Gasteiger partial charge in [-0.15, -0.1) is 0 Å². The number of furan rings is 1. The third-order valence-electron chi connectivity index (χ3n) is 3.97. The Morgan fingerprint density at radius 2 is 2.04 bits per heavy atom. The summed E-state index contributed by atoms with van der Waals surface area (Å²) >= 11 is 0. The van der Waals surface area contributed by atoms with Gasteiger partial charge in [-0.25, -0.2) is 9.18 Å². The molecule has 2 heterocycles. The molecule has 0 spiro atoms. The Bertz CT molecular complexity index is 710. The number of benzene rings is 1. The van der Waals surface area contributed by atoms with Crippen molar-refractivity contribution in [3.8, 4) is 0 Å². The first kappa shape index (κ1) is 17.3. The number of nitrogens with zero attached hydrogens (tertiary/aromatic N) is 1. The number of rotatable bonds is 4. The molecule has 1 aromatic carbocycles. The molecule has 2 amide bonds. The van der Waals surface area contributed by atoms with Crippen molar-refractivity contribution in [3.63, 3.8) is 0 Å². The van der Waals surface area contributed by atoms with Gasteiger partial charge in [-0.3, -0.25) is 0 Å². The van der Waals surface area contributed by atoms with Gasteiger partial charge in [0.1, 0.15) is 11.6 Å². The summed E-state index contributed by atoms with van der Waals surface area (Å²) in [6.45, 7) is 5.48. The molecule has 2 unspecified atom stereocenters. The van der Waals surface area contributed by atoms with Gasteiger partial charge in [0.2, 0.25) is 0 Å². The second-order valence-electron chi connectivity index (χ2n) is 6.22. The first-order valence-corrected chi connectivity index (χ1v) is 8.28. The first-order valence-electron chi connectivity index (χ1n) is 8.28. The number of hydrogen-bond donors (Lipinski definition) is 2. The van der Waals surface area contributed by atoms with Gasteiger partial charge in [-0.1, -0.05) is 0 Å². The maximum Gasteiger partial charge on any atom is 0.319 e. The van der Waals surface area contributed by atoms with Crippen LogP contribution in [0.2, 0.25) is 0 Å². The minimum atomic E-state index is -0.419. The third-order valence-corrected chi connectivity index (χ3v) is 3.97. The molecule has 1 aliphatic rings. The van der Waals surface area contributed by atoms with Crippen molar-refractivity contribution < 1.29 is 18.3 Å². The van der Waals surface area contributed by atoms with E-state index in [0.29, 0.717) is 30.2 Å². The summed E-state index contributed by atoms with van der Waals surface area (Å²) in [6.07, 6.45) is 1.64. The van der Waals surface area contributed by atoms with Gasteiger partial charge in [0.15, 0.2) is 0 Å². The number of ether oxygens (including phenoxy) is 1. The second kappa shape index (κ2) is 7.57. The largest absolute Gasteiger partial charge is 0.467 e. The number of carbonyl (C=O) groups excluding carboxylic acids is 1. The van der Waals surface area contributed by atoms with Gasteiger partial charge < -0.3 is 24.7 Å². The van der Waals surface area contributed by atoms with Crippen LogP contribution in [0.5, 0.6) is 0 Å². The number of nitrogens with one attached hydrogen (secondary N) is 2. The molecule has 1 fully saturated rings. The predicted molar refractivity (Wildman–Crippen MR) is 93.2 cm³/mol. The van der Waals surface area contributed by atoms with Crippen LogP contribution in [0.15, 0.2) is 41.0 Å². The Hall–Kier alpha value is -2.54. The summed E-state index contributed by atoms with van der Waals surface area (Å²) in [7, 11) is 0. The number of carbonyl (C=O) groups is 1. The smallest absolute Gasteiger partial charge is 0.319 e. The van der Waals surface area contributed by atoms with Crippen LogP contribution < -0.4 is 15.5 Å². The van der Waals surface area contributed by atoms with Crippen LogP contribution in [-0.2, 0) is 11.3 Å². The summed E-state index contributed by atoms with van der Waals surface area (Å²) < 4.78 is 25.3. The molecule has 0 bridgehead atoms. The van der Waals surface area contributed by atoms with Crippen molar-refractivity contribution in [2.75, 3.05) is 23.3 Å². The molecule has 1 saturated heterocycles. The van der Waals surface area contributed by atoms with E-state index in [1.54, 1.807) is 24.3 Å².